The van der Waals surface area contributed by atoms with Gasteiger partial charge < -0.3 is 14.8 Å². The number of anilines is 1. The van der Waals surface area contributed by atoms with Gasteiger partial charge in [-0.2, -0.15) is 26.3 Å². The SMILES string of the molecule is O=C(OC1(OC(=O)C(F)(F)F)N(c2ccncc2)CC12CNC2)C(F)(F)F. The predicted octanol–water partition coefficient (Wildman–Crippen LogP) is 1.36. The summed E-state index contributed by atoms with van der Waals surface area (Å²) in [5, 5.41) is 2.67. The van der Waals surface area contributed by atoms with Gasteiger partial charge in [-0.05, 0) is 12.1 Å². The number of hydrogen-bond acceptors (Lipinski definition) is 7. The molecule has 1 aromatic rings. The van der Waals surface area contributed by atoms with Gasteiger partial charge in [0, 0.05) is 37.7 Å². The molecule has 3 heterocycles. The van der Waals surface area contributed by atoms with Gasteiger partial charge in [-0.25, -0.2) is 9.59 Å². The minimum absolute atomic E-state index is 0.0625. The second-order valence-electron chi connectivity index (χ2n) is 6.03. The van der Waals surface area contributed by atoms with E-state index >= 15 is 0 Å². The fourth-order valence-corrected chi connectivity index (χ4v) is 2.96. The van der Waals surface area contributed by atoms with Crippen LogP contribution in [-0.2, 0) is 19.1 Å². The van der Waals surface area contributed by atoms with Crippen LogP contribution < -0.4 is 10.2 Å². The number of esters is 2. The van der Waals surface area contributed by atoms with E-state index in [1.165, 1.54) is 24.5 Å². The number of alkyl halides is 6. The Balaban J connectivity index is 2.04. The summed E-state index contributed by atoms with van der Waals surface area (Å²) in [5.41, 5.74) is -1.40. The molecule has 13 heteroatoms. The highest BCUT2D eigenvalue weighted by Crippen LogP contribution is 2.54. The first-order chi connectivity index (χ1) is 12.4. The van der Waals surface area contributed by atoms with Crippen LogP contribution in [0.3, 0.4) is 0 Å². The molecule has 1 aromatic heterocycles. The molecule has 0 bridgehead atoms. The van der Waals surface area contributed by atoms with Crippen molar-refractivity contribution in [3.63, 3.8) is 0 Å². The van der Waals surface area contributed by atoms with E-state index in [1.807, 2.05) is 0 Å². The topological polar surface area (TPSA) is 80.8 Å². The third kappa shape index (κ3) is 3.05. The maximum Gasteiger partial charge on any atom is 0.491 e. The van der Waals surface area contributed by atoms with Crippen molar-refractivity contribution in [3.05, 3.63) is 24.5 Å². The Morgan fingerprint density at radius 2 is 1.48 bits per heavy atom. The summed E-state index contributed by atoms with van der Waals surface area (Å²) in [7, 11) is 0. The number of nitrogens with zero attached hydrogens (tertiary/aromatic N) is 2. The van der Waals surface area contributed by atoms with E-state index in [0.717, 1.165) is 4.90 Å². The average molecular weight is 399 g/mol. The lowest BCUT2D eigenvalue weighted by Crippen LogP contribution is -2.87. The summed E-state index contributed by atoms with van der Waals surface area (Å²) >= 11 is 0. The van der Waals surface area contributed by atoms with E-state index in [9.17, 15) is 35.9 Å². The molecule has 2 fully saturated rings. The van der Waals surface area contributed by atoms with Crippen molar-refractivity contribution in [2.45, 2.75) is 18.3 Å². The Morgan fingerprint density at radius 3 is 1.85 bits per heavy atom. The van der Waals surface area contributed by atoms with E-state index in [-0.39, 0.29) is 25.3 Å². The van der Waals surface area contributed by atoms with Gasteiger partial charge >= 0.3 is 30.2 Å². The van der Waals surface area contributed by atoms with Gasteiger partial charge in [-0.15, -0.1) is 0 Å². The van der Waals surface area contributed by atoms with Gasteiger partial charge in [0.05, 0.1) is 0 Å². The number of hydrogen-bond donors (Lipinski definition) is 1. The molecule has 3 rings (SSSR count). The van der Waals surface area contributed by atoms with Crippen molar-refractivity contribution in [1.29, 1.82) is 0 Å². The molecule has 2 aliphatic rings. The Labute approximate surface area is 147 Å². The predicted molar refractivity (Wildman–Crippen MR) is 73.9 cm³/mol. The summed E-state index contributed by atoms with van der Waals surface area (Å²) in [5.74, 6) is -8.45. The molecule has 0 aromatic carbocycles. The Morgan fingerprint density at radius 1 is 1.00 bits per heavy atom. The Hall–Kier alpha value is -2.57. The van der Waals surface area contributed by atoms with Gasteiger partial charge in [0.2, 0.25) is 0 Å². The Bertz CT molecular complexity index is 719. The number of rotatable bonds is 3. The van der Waals surface area contributed by atoms with Crippen LogP contribution in [0.15, 0.2) is 24.5 Å². The van der Waals surface area contributed by atoms with Gasteiger partial charge in [0.15, 0.2) is 0 Å². The van der Waals surface area contributed by atoms with Crippen molar-refractivity contribution in [2.24, 2.45) is 5.41 Å². The lowest BCUT2D eigenvalue weighted by Gasteiger charge is -2.66. The molecule has 2 aliphatic heterocycles. The number of pyridine rings is 1. The quantitative estimate of drug-likeness (QED) is 0.467. The molecule has 0 amide bonds. The van der Waals surface area contributed by atoms with E-state index in [4.69, 9.17) is 0 Å². The summed E-state index contributed by atoms with van der Waals surface area (Å²) in [6.07, 6.45) is -8.56. The third-order valence-corrected chi connectivity index (χ3v) is 4.31. The normalized spacial score (nSPS) is 20.4. The summed E-state index contributed by atoms with van der Waals surface area (Å²) in [4.78, 5) is 27.4. The molecule has 0 saturated carbocycles. The van der Waals surface area contributed by atoms with Crippen LogP contribution >= 0.6 is 0 Å². The monoisotopic (exact) mass is 399 g/mol. The summed E-state index contributed by atoms with van der Waals surface area (Å²) in [6, 6.07) is 2.52. The first kappa shape index (κ1) is 19.2. The highest BCUT2D eigenvalue weighted by atomic mass is 19.4. The molecule has 148 valence electrons. The largest absolute Gasteiger partial charge is 0.491 e. The van der Waals surface area contributed by atoms with Crippen molar-refractivity contribution >= 4 is 17.6 Å². The zero-order valence-corrected chi connectivity index (χ0v) is 13.2. The van der Waals surface area contributed by atoms with Crippen LogP contribution in [-0.4, -0.2) is 54.8 Å². The van der Waals surface area contributed by atoms with Crippen LogP contribution in [0, 0.1) is 5.41 Å². The van der Waals surface area contributed by atoms with Crippen LogP contribution in [0.5, 0.6) is 0 Å². The molecule has 1 spiro atoms. The zero-order valence-electron chi connectivity index (χ0n) is 13.2. The first-order valence-electron chi connectivity index (χ1n) is 7.40. The Kier molecular flexibility index (Phi) is 4.25. The van der Waals surface area contributed by atoms with E-state index < -0.39 is 35.6 Å². The van der Waals surface area contributed by atoms with Gasteiger partial charge in [0.1, 0.15) is 5.41 Å². The van der Waals surface area contributed by atoms with Crippen LogP contribution in [0.4, 0.5) is 32.0 Å². The smallest absolute Gasteiger partial charge is 0.396 e. The number of carbonyl (C=O) groups excluding carboxylic acids is 2. The highest BCUT2D eigenvalue weighted by Gasteiger charge is 2.75. The molecule has 27 heavy (non-hydrogen) atoms. The molecule has 0 atom stereocenters. The molecule has 7 nitrogen and oxygen atoms in total. The van der Waals surface area contributed by atoms with Crippen LogP contribution in [0.2, 0.25) is 0 Å². The minimum Gasteiger partial charge on any atom is -0.396 e. The van der Waals surface area contributed by atoms with Crippen LogP contribution in [0.1, 0.15) is 0 Å². The lowest BCUT2D eigenvalue weighted by molar-refractivity contribution is -0.338. The molecule has 2 saturated heterocycles. The molecule has 1 N–H and O–H groups in total. The van der Waals surface area contributed by atoms with Crippen molar-refractivity contribution in [1.82, 2.24) is 10.3 Å². The summed E-state index contributed by atoms with van der Waals surface area (Å²) in [6.45, 7) is -0.351. The number of aromatic nitrogens is 1. The molecule has 0 radical (unpaired) electrons. The van der Waals surface area contributed by atoms with Gasteiger partial charge in [0.25, 0.3) is 0 Å². The summed E-state index contributed by atoms with van der Waals surface area (Å²) < 4.78 is 85.2. The zero-order chi connectivity index (χ0) is 20.1. The molecule has 0 aliphatic carbocycles. The van der Waals surface area contributed by atoms with E-state index in [2.05, 4.69) is 19.8 Å². The van der Waals surface area contributed by atoms with E-state index in [0.29, 0.717) is 0 Å². The average Bonchev–Trinajstić information content (AvgIpc) is 2.50. The molecular weight excluding hydrogens is 388 g/mol. The second kappa shape index (κ2) is 5.97. The fourth-order valence-electron chi connectivity index (χ4n) is 2.96. The van der Waals surface area contributed by atoms with Crippen molar-refractivity contribution in [3.8, 4) is 0 Å². The first-order valence-corrected chi connectivity index (χ1v) is 7.40. The second-order valence-corrected chi connectivity index (χ2v) is 6.03. The maximum absolute atomic E-state index is 12.7. The van der Waals surface area contributed by atoms with E-state index in [1.54, 1.807) is 0 Å². The van der Waals surface area contributed by atoms with Gasteiger partial charge in [-0.1, -0.05) is 0 Å². The lowest BCUT2D eigenvalue weighted by atomic mass is 9.69. The highest BCUT2D eigenvalue weighted by molar-refractivity contribution is 5.79. The van der Waals surface area contributed by atoms with Crippen LogP contribution in [0.25, 0.3) is 0 Å². The van der Waals surface area contributed by atoms with Crippen molar-refractivity contribution < 1.29 is 45.4 Å². The van der Waals surface area contributed by atoms with Gasteiger partial charge in [-0.3, -0.25) is 9.88 Å². The minimum atomic E-state index is -5.50. The molecule has 0 unspecified atom stereocenters. The number of ether oxygens (including phenoxy) is 2. The third-order valence-electron chi connectivity index (χ3n) is 4.31. The number of nitrogens with one attached hydrogen (secondary N) is 1. The number of carbonyl (C=O) groups is 2. The number of halogens is 6. The standard InChI is InChI=1S/C14H11F6N3O4/c15-12(16,17)9(24)26-14(27-10(25)13(18,19)20)11(5-22-6-11)7-23(14)8-1-3-21-4-2-8/h1-4,22H,5-7H2. The molecular formula is C14H11F6N3O4. The fraction of sp³-hybridized carbons (Fsp3) is 0.500. The van der Waals surface area contributed by atoms with Crippen molar-refractivity contribution in [2.75, 3.05) is 24.5 Å². The maximum atomic E-state index is 12.7.